The van der Waals surface area contributed by atoms with Gasteiger partial charge in [-0.2, -0.15) is 0 Å². The summed E-state index contributed by atoms with van der Waals surface area (Å²) in [6.45, 7) is 10.8. The number of hydrogen-bond acceptors (Lipinski definition) is 6. The molecule has 0 amide bonds. The SMILES string of the molecule is CCCCCCCCCCCCOC(=O)c1ccc(-c2[c-]c(-c3ccc(-c4cc(C)c(OCCCCCCCCCCCC)c(OCCCCCCCCCCCC)c4)cn3)ccc2)nc1.[Cl][Pt+]. The quantitative estimate of drug-likeness (QED) is 0.0252. The molecule has 0 radical (unpaired) electrons. The first-order valence-electron chi connectivity index (χ1n) is 27.2. The van der Waals surface area contributed by atoms with E-state index in [1.807, 2.05) is 30.5 Å². The number of carbonyl (C=O) groups is 1. The Morgan fingerprint density at radius 1 is 0.500 bits per heavy atom. The first kappa shape index (κ1) is 59.1. The number of halogens is 1. The molecule has 0 aliphatic heterocycles. The first-order chi connectivity index (χ1) is 33.5. The van der Waals surface area contributed by atoms with Gasteiger partial charge in [0, 0.05) is 23.8 Å². The number of ether oxygens (including phenoxy) is 3. The number of aromatic nitrogens is 2. The summed E-state index contributed by atoms with van der Waals surface area (Å²) in [5.41, 5.74) is 6.96. The molecule has 0 atom stereocenters. The predicted octanol–water partition coefficient (Wildman–Crippen LogP) is 19.0. The van der Waals surface area contributed by atoms with Gasteiger partial charge in [0.1, 0.15) is 0 Å². The van der Waals surface area contributed by atoms with E-state index in [1.165, 1.54) is 167 Å². The predicted molar refractivity (Wildman–Crippen MR) is 285 cm³/mol. The van der Waals surface area contributed by atoms with Crippen LogP contribution in [-0.4, -0.2) is 35.8 Å². The molecule has 6 nitrogen and oxygen atoms in total. The van der Waals surface area contributed by atoms with Gasteiger partial charge in [0.05, 0.1) is 25.4 Å². The molecular weight excluding hydrogens is 1040 g/mol. The second-order valence-corrected chi connectivity index (χ2v) is 18.8. The van der Waals surface area contributed by atoms with Crippen molar-refractivity contribution in [2.24, 2.45) is 0 Å². The second-order valence-electron chi connectivity index (χ2n) is 18.8. The van der Waals surface area contributed by atoms with Crippen LogP contribution in [0.4, 0.5) is 0 Å². The van der Waals surface area contributed by atoms with Crippen LogP contribution in [0.15, 0.2) is 67.0 Å². The molecule has 4 rings (SSSR count). The molecule has 0 spiro atoms. The van der Waals surface area contributed by atoms with Gasteiger partial charge in [0.2, 0.25) is 0 Å². The Morgan fingerprint density at radius 3 is 1.37 bits per heavy atom. The van der Waals surface area contributed by atoms with E-state index >= 15 is 0 Å². The zero-order valence-corrected chi connectivity index (χ0v) is 45.9. The van der Waals surface area contributed by atoms with Crippen LogP contribution in [0.3, 0.4) is 0 Å². The second kappa shape index (κ2) is 39.5. The van der Waals surface area contributed by atoms with E-state index in [4.69, 9.17) is 19.2 Å². The Balaban J connectivity index is 0.00000604. The van der Waals surface area contributed by atoms with Gasteiger partial charge in [0.25, 0.3) is 0 Å². The van der Waals surface area contributed by atoms with Crippen LogP contribution in [0.2, 0.25) is 0 Å². The topological polar surface area (TPSA) is 70.5 Å². The number of unbranched alkanes of at least 4 members (excludes halogenated alkanes) is 27. The summed E-state index contributed by atoms with van der Waals surface area (Å²) in [7, 11) is 4.61. The fourth-order valence-corrected chi connectivity index (χ4v) is 8.74. The number of carbonyl (C=O) groups excluding carboxylic acids is 1. The Morgan fingerprint density at radius 2 is 0.926 bits per heavy atom. The van der Waals surface area contributed by atoms with Gasteiger partial charge in [0.15, 0.2) is 11.5 Å². The van der Waals surface area contributed by atoms with E-state index in [2.05, 4.69) is 72.4 Å². The van der Waals surface area contributed by atoms with Crippen LogP contribution in [0.25, 0.3) is 33.6 Å². The monoisotopic (exact) mass is 1130 g/mol. The molecule has 2 aromatic heterocycles. The zero-order chi connectivity index (χ0) is 48.7. The van der Waals surface area contributed by atoms with Crippen molar-refractivity contribution >= 4 is 15.4 Å². The van der Waals surface area contributed by atoms with Gasteiger partial charge in [-0.1, -0.05) is 230 Å². The average molecular weight is 1130 g/mol. The number of hydrogen-bond donors (Lipinski definition) is 0. The Kier molecular flexibility index (Phi) is 34.3. The van der Waals surface area contributed by atoms with Gasteiger partial charge in [-0.3, -0.25) is 9.97 Å². The van der Waals surface area contributed by atoms with Crippen LogP contribution in [0.5, 0.6) is 11.5 Å². The third kappa shape index (κ3) is 25.1. The van der Waals surface area contributed by atoms with Crippen molar-refractivity contribution in [2.45, 2.75) is 220 Å². The standard InChI is InChI=1S/C60H89N2O4.ClH.Pt/c1-5-8-11-14-17-20-23-26-29-32-42-64-58-47-55(45-50(4)59(58)65-43-33-30-27-24-21-18-15-12-9-6-2)53-38-40-56(61-48-53)51-36-35-37-52(46-51)57-41-39-54(49-62-57)60(63)66-44-34-31-28-25-22-19-16-13-10-7-3;;/h35-41,45,47-49H,5-34,42-44H2,1-4H3;1H;/q-1;;+2/p-1. The van der Waals surface area contributed by atoms with Gasteiger partial charge in [-0.25, -0.2) is 4.79 Å². The van der Waals surface area contributed by atoms with Crippen molar-refractivity contribution < 1.29 is 37.8 Å². The number of pyridine rings is 2. The van der Waals surface area contributed by atoms with Crippen LogP contribution >= 0.6 is 9.42 Å². The molecule has 2 aromatic carbocycles. The fourth-order valence-electron chi connectivity index (χ4n) is 8.74. The normalized spacial score (nSPS) is 11.0. The number of rotatable bonds is 39. The van der Waals surface area contributed by atoms with Crippen LogP contribution in [0, 0.1) is 13.0 Å². The number of nitrogens with zero attached hydrogens (tertiary/aromatic N) is 2. The van der Waals surface area contributed by atoms with Gasteiger partial charge in [-0.15, -0.1) is 24.3 Å². The molecule has 68 heavy (non-hydrogen) atoms. The summed E-state index contributed by atoms with van der Waals surface area (Å²) in [4.78, 5) is 22.3. The summed E-state index contributed by atoms with van der Waals surface area (Å²) in [6, 6.07) is 21.7. The molecule has 380 valence electrons. The molecular formula is C60H89ClN2O4Pt. The van der Waals surface area contributed by atoms with Crippen LogP contribution in [-0.2, 0) is 23.5 Å². The molecule has 4 aromatic rings. The van der Waals surface area contributed by atoms with Crippen molar-refractivity contribution in [3.63, 3.8) is 0 Å². The average Bonchev–Trinajstić information content (AvgIpc) is 3.37. The molecule has 0 N–H and O–H groups in total. The molecule has 0 saturated carbocycles. The molecule has 0 fully saturated rings. The van der Waals surface area contributed by atoms with E-state index in [-0.39, 0.29) is 5.97 Å². The fraction of sp³-hybridized carbons (Fsp3) is 0.617. The van der Waals surface area contributed by atoms with E-state index in [9.17, 15) is 4.79 Å². The maximum atomic E-state index is 12.7. The van der Waals surface area contributed by atoms with Crippen molar-refractivity contribution in [1.82, 2.24) is 9.97 Å². The number of benzene rings is 2. The van der Waals surface area contributed by atoms with Crippen molar-refractivity contribution in [3.05, 3.63) is 84.2 Å². The van der Waals surface area contributed by atoms with Gasteiger partial charge < -0.3 is 14.2 Å². The summed E-state index contributed by atoms with van der Waals surface area (Å²) < 4.78 is 18.6. The van der Waals surface area contributed by atoms with Crippen LogP contribution < -0.4 is 9.47 Å². The summed E-state index contributed by atoms with van der Waals surface area (Å²) >= 11 is 1.61. The number of aryl methyl sites for hydroxylation is 1. The third-order valence-corrected chi connectivity index (χ3v) is 12.9. The Bertz CT molecular complexity index is 1850. The summed E-state index contributed by atoms with van der Waals surface area (Å²) in [5.74, 6) is 1.39. The molecule has 0 unspecified atom stereocenters. The van der Waals surface area contributed by atoms with E-state index < -0.39 is 0 Å². The third-order valence-electron chi connectivity index (χ3n) is 12.9. The molecule has 0 aliphatic rings. The molecule has 0 bridgehead atoms. The first-order valence-corrected chi connectivity index (χ1v) is 30.0. The van der Waals surface area contributed by atoms with Crippen molar-refractivity contribution in [3.8, 4) is 45.1 Å². The van der Waals surface area contributed by atoms with E-state index in [1.54, 1.807) is 31.0 Å². The van der Waals surface area contributed by atoms with Crippen molar-refractivity contribution in [2.75, 3.05) is 19.8 Å². The maximum absolute atomic E-state index is 12.7. The molecule has 8 heteroatoms. The molecule has 0 saturated heterocycles. The van der Waals surface area contributed by atoms with E-state index in [0.29, 0.717) is 25.4 Å². The summed E-state index contributed by atoms with van der Waals surface area (Å²) in [6.07, 6.45) is 42.1. The van der Waals surface area contributed by atoms with Crippen molar-refractivity contribution in [1.29, 1.82) is 0 Å². The van der Waals surface area contributed by atoms with Gasteiger partial charge in [-0.05, 0) is 55.0 Å². The zero-order valence-electron chi connectivity index (χ0n) is 42.9. The Hall–Kier alpha value is -3.21. The minimum atomic E-state index is -0.318. The summed E-state index contributed by atoms with van der Waals surface area (Å²) in [5, 5.41) is 0. The van der Waals surface area contributed by atoms with Gasteiger partial charge >= 0.3 is 34.2 Å². The van der Waals surface area contributed by atoms with Crippen LogP contribution in [0.1, 0.15) is 229 Å². The number of esters is 1. The Labute approximate surface area is 430 Å². The molecule has 2 heterocycles. The molecule has 0 aliphatic carbocycles. The van der Waals surface area contributed by atoms with E-state index in [0.717, 1.165) is 76.4 Å². The minimum absolute atomic E-state index is 0.318.